The van der Waals surface area contributed by atoms with Gasteiger partial charge in [-0.2, -0.15) is 0 Å². The molecule has 0 radical (unpaired) electrons. The fourth-order valence-electron chi connectivity index (χ4n) is 0.942. The number of aromatic nitrogens is 2. The molecule has 0 N–H and O–H groups in total. The van der Waals surface area contributed by atoms with E-state index >= 15 is 0 Å². The smallest absolute Gasteiger partial charge is 0.0883 e. The molecule has 0 aromatic carbocycles. The first-order valence-corrected chi connectivity index (χ1v) is 3.86. The zero-order valence-electron chi connectivity index (χ0n) is 7.41. The first-order valence-electron chi connectivity index (χ1n) is 3.86. The van der Waals surface area contributed by atoms with Crippen LogP contribution in [0.3, 0.4) is 0 Å². The van der Waals surface area contributed by atoms with Crippen molar-refractivity contribution in [2.75, 3.05) is 0 Å². The van der Waals surface area contributed by atoms with Gasteiger partial charge in [-0.15, -0.1) is 0 Å². The monoisotopic (exact) mass is 160 g/mol. The van der Waals surface area contributed by atoms with Crippen LogP contribution < -0.4 is 0 Å². The van der Waals surface area contributed by atoms with Gasteiger partial charge in [-0.05, 0) is 26.0 Å². The Morgan fingerprint density at radius 2 is 2.17 bits per heavy atom. The van der Waals surface area contributed by atoms with E-state index in [1.807, 2.05) is 26.0 Å². The lowest BCUT2D eigenvalue weighted by atomic mass is 10.2. The largest absolute Gasteiger partial charge is 0.253 e. The number of hydrogen-bond donors (Lipinski definition) is 0. The van der Waals surface area contributed by atoms with E-state index in [4.69, 9.17) is 0 Å². The molecule has 0 aliphatic rings. The maximum atomic E-state index is 4.28. The Bertz CT molecular complexity index is 314. The lowest BCUT2D eigenvalue weighted by molar-refractivity contribution is 1.09. The number of hydrogen-bond acceptors (Lipinski definition) is 2. The Hall–Kier alpha value is -1.44. The van der Waals surface area contributed by atoms with Gasteiger partial charge in [-0.25, -0.2) is 4.98 Å². The summed E-state index contributed by atoms with van der Waals surface area (Å²) >= 11 is 0. The van der Waals surface area contributed by atoms with Crippen molar-refractivity contribution in [2.24, 2.45) is 0 Å². The molecule has 1 rings (SSSR count). The van der Waals surface area contributed by atoms with Crippen molar-refractivity contribution in [2.45, 2.75) is 13.8 Å². The highest BCUT2D eigenvalue weighted by atomic mass is 14.8. The minimum absolute atomic E-state index is 0.841. The summed E-state index contributed by atoms with van der Waals surface area (Å²) in [5.74, 6) is 0. The van der Waals surface area contributed by atoms with Crippen LogP contribution in [0.2, 0.25) is 0 Å². The molecule has 1 heterocycles. The second-order valence-corrected chi connectivity index (χ2v) is 2.49. The molecular weight excluding hydrogens is 148 g/mol. The number of nitrogens with zero attached hydrogens (tertiary/aromatic N) is 2. The molecule has 0 fully saturated rings. The summed E-state index contributed by atoms with van der Waals surface area (Å²) in [6.07, 6.45) is 7.33. The molecule has 0 saturated carbocycles. The van der Waals surface area contributed by atoms with Crippen molar-refractivity contribution < 1.29 is 0 Å². The standard InChI is InChI=1S/C10H12N2/c1-4-6-10-9(5-2)12-8(3)7-11-10/h4-7H,2H2,1,3H3/b6-4-. The van der Waals surface area contributed by atoms with Gasteiger partial charge in [0.25, 0.3) is 0 Å². The van der Waals surface area contributed by atoms with Gasteiger partial charge in [0.2, 0.25) is 0 Å². The number of rotatable bonds is 2. The van der Waals surface area contributed by atoms with Crippen molar-refractivity contribution in [3.05, 3.63) is 35.9 Å². The van der Waals surface area contributed by atoms with E-state index in [0.29, 0.717) is 0 Å². The zero-order valence-corrected chi connectivity index (χ0v) is 7.41. The van der Waals surface area contributed by atoms with E-state index in [1.54, 1.807) is 12.3 Å². The van der Waals surface area contributed by atoms with Crippen LogP contribution in [0.5, 0.6) is 0 Å². The molecule has 2 nitrogen and oxygen atoms in total. The number of allylic oxidation sites excluding steroid dienone is 1. The Morgan fingerprint density at radius 1 is 1.42 bits per heavy atom. The fraction of sp³-hybridized carbons (Fsp3) is 0.200. The third-order valence-electron chi connectivity index (χ3n) is 1.47. The Kier molecular flexibility index (Phi) is 2.75. The molecule has 1 aromatic rings. The summed E-state index contributed by atoms with van der Waals surface area (Å²) in [5, 5.41) is 0. The Balaban J connectivity index is 3.19. The molecule has 1 aromatic heterocycles. The molecule has 0 amide bonds. The van der Waals surface area contributed by atoms with Gasteiger partial charge < -0.3 is 0 Å². The summed E-state index contributed by atoms with van der Waals surface area (Å²) in [4.78, 5) is 8.50. The third kappa shape index (κ3) is 1.78. The van der Waals surface area contributed by atoms with Crippen LogP contribution in [0.25, 0.3) is 12.2 Å². The molecule has 12 heavy (non-hydrogen) atoms. The van der Waals surface area contributed by atoms with Crippen LogP contribution in [0.15, 0.2) is 18.9 Å². The summed E-state index contributed by atoms with van der Waals surface area (Å²) in [6, 6.07) is 0. The van der Waals surface area contributed by atoms with E-state index in [0.717, 1.165) is 17.1 Å². The highest BCUT2D eigenvalue weighted by Crippen LogP contribution is 2.06. The van der Waals surface area contributed by atoms with Crippen LogP contribution in [0, 0.1) is 6.92 Å². The quantitative estimate of drug-likeness (QED) is 0.664. The van der Waals surface area contributed by atoms with Gasteiger partial charge in [0, 0.05) is 6.20 Å². The summed E-state index contributed by atoms with van der Waals surface area (Å²) < 4.78 is 0. The van der Waals surface area contributed by atoms with Crippen molar-refractivity contribution >= 4 is 12.2 Å². The highest BCUT2D eigenvalue weighted by molar-refractivity contribution is 5.57. The van der Waals surface area contributed by atoms with E-state index < -0.39 is 0 Å². The predicted octanol–water partition coefficient (Wildman–Crippen LogP) is 2.46. The maximum Gasteiger partial charge on any atom is 0.0883 e. The van der Waals surface area contributed by atoms with E-state index in [9.17, 15) is 0 Å². The van der Waals surface area contributed by atoms with Crippen molar-refractivity contribution in [1.29, 1.82) is 0 Å². The van der Waals surface area contributed by atoms with Crippen LogP contribution >= 0.6 is 0 Å². The molecule has 0 saturated heterocycles. The second-order valence-electron chi connectivity index (χ2n) is 2.49. The normalized spacial score (nSPS) is 10.5. The van der Waals surface area contributed by atoms with E-state index in [2.05, 4.69) is 16.5 Å². The van der Waals surface area contributed by atoms with Gasteiger partial charge in [-0.1, -0.05) is 12.7 Å². The average molecular weight is 160 g/mol. The maximum absolute atomic E-state index is 4.28. The lowest BCUT2D eigenvalue weighted by Gasteiger charge is -1.99. The second kappa shape index (κ2) is 3.81. The molecule has 2 heteroatoms. The van der Waals surface area contributed by atoms with E-state index in [-0.39, 0.29) is 0 Å². The van der Waals surface area contributed by atoms with E-state index in [1.165, 1.54) is 0 Å². The topological polar surface area (TPSA) is 25.8 Å². The molecule has 0 bridgehead atoms. The fourth-order valence-corrected chi connectivity index (χ4v) is 0.942. The molecular formula is C10H12N2. The van der Waals surface area contributed by atoms with Gasteiger partial charge in [-0.3, -0.25) is 4.98 Å². The molecule has 62 valence electrons. The SMILES string of the molecule is C=Cc1nc(C)cnc1/C=C\C. The average Bonchev–Trinajstić information content (AvgIpc) is 2.08. The first kappa shape index (κ1) is 8.65. The highest BCUT2D eigenvalue weighted by Gasteiger charge is 1.97. The molecule has 0 spiro atoms. The van der Waals surface area contributed by atoms with Crippen LogP contribution in [0.1, 0.15) is 24.0 Å². The Labute approximate surface area is 72.7 Å². The lowest BCUT2D eigenvalue weighted by Crippen LogP contribution is -1.93. The van der Waals surface area contributed by atoms with Crippen LogP contribution in [-0.2, 0) is 0 Å². The van der Waals surface area contributed by atoms with Gasteiger partial charge >= 0.3 is 0 Å². The summed E-state index contributed by atoms with van der Waals surface area (Å²) in [5.41, 5.74) is 2.63. The van der Waals surface area contributed by atoms with Crippen molar-refractivity contribution in [1.82, 2.24) is 9.97 Å². The molecule has 0 atom stereocenters. The first-order chi connectivity index (χ1) is 5.77. The molecule has 0 unspecified atom stereocenters. The van der Waals surface area contributed by atoms with Crippen LogP contribution in [-0.4, -0.2) is 9.97 Å². The minimum Gasteiger partial charge on any atom is -0.253 e. The van der Waals surface area contributed by atoms with Crippen molar-refractivity contribution in [3.8, 4) is 0 Å². The zero-order chi connectivity index (χ0) is 8.97. The Morgan fingerprint density at radius 3 is 2.75 bits per heavy atom. The summed E-state index contributed by atoms with van der Waals surface area (Å²) in [6.45, 7) is 7.55. The van der Waals surface area contributed by atoms with Gasteiger partial charge in [0.15, 0.2) is 0 Å². The molecule has 0 aliphatic heterocycles. The van der Waals surface area contributed by atoms with Gasteiger partial charge in [0.1, 0.15) is 0 Å². The molecule has 0 aliphatic carbocycles. The summed E-state index contributed by atoms with van der Waals surface area (Å²) in [7, 11) is 0. The number of aryl methyl sites for hydroxylation is 1. The van der Waals surface area contributed by atoms with Gasteiger partial charge in [0.05, 0.1) is 17.1 Å². The minimum atomic E-state index is 0.841. The van der Waals surface area contributed by atoms with Crippen molar-refractivity contribution in [3.63, 3.8) is 0 Å². The van der Waals surface area contributed by atoms with Crippen LogP contribution in [0.4, 0.5) is 0 Å². The predicted molar refractivity (Wildman–Crippen MR) is 51.6 cm³/mol. The third-order valence-corrected chi connectivity index (χ3v) is 1.47.